The van der Waals surface area contributed by atoms with Crippen LogP contribution >= 0.6 is 0 Å². The monoisotopic (exact) mass is 336 g/mol. The number of aromatic nitrogens is 1. The van der Waals surface area contributed by atoms with Gasteiger partial charge in [0.05, 0.1) is 11.5 Å². The van der Waals surface area contributed by atoms with Gasteiger partial charge in [0.25, 0.3) is 0 Å². The molecule has 1 fully saturated rings. The Labute approximate surface area is 122 Å². The molecule has 1 aromatic heterocycles. The molecule has 1 unspecified atom stereocenters. The molecule has 0 spiro atoms. The van der Waals surface area contributed by atoms with Crippen LogP contribution in [0.15, 0.2) is 4.90 Å². The number of aromatic carboxylic acids is 1. The van der Waals surface area contributed by atoms with Crippen molar-refractivity contribution >= 4 is 25.8 Å². The smallest absolute Gasteiger partial charge is 0.352 e. The molecule has 0 amide bonds. The van der Waals surface area contributed by atoms with Crippen LogP contribution in [-0.4, -0.2) is 50.4 Å². The van der Waals surface area contributed by atoms with Gasteiger partial charge in [-0.2, -0.15) is 0 Å². The van der Waals surface area contributed by atoms with Gasteiger partial charge >= 0.3 is 5.97 Å². The largest absolute Gasteiger partial charge is 0.477 e. The maximum absolute atomic E-state index is 12.4. The molecule has 8 nitrogen and oxygen atoms in total. The fourth-order valence-corrected chi connectivity index (χ4v) is 6.01. The number of sulfonamides is 1. The quantitative estimate of drug-likeness (QED) is 0.697. The van der Waals surface area contributed by atoms with Crippen molar-refractivity contribution in [2.75, 3.05) is 11.5 Å². The summed E-state index contributed by atoms with van der Waals surface area (Å²) in [6.45, 7) is 2.85. The van der Waals surface area contributed by atoms with Gasteiger partial charge in [-0.1, -0.05) is 0 Å². The number of hydrogen-bond donors (Lipinski definition) is 3. The topological polar surface area (TPSA) is 133 Å². The number of carboxylic acid groups (broad SMARTS) is 1. The molecular formula is C11H16N2O6S2. The molecular weight excluding hydrogens is 320 g/mol. The lowest BCUT2D eigenvalue weighted by Gasteiger charge is -2.12. The molecule has 118 valence electrons. The van der Waals surface area contributed by atoms with Crippen molar-refractivity contribution in [3.05, 3.63) is 17.0 Å². The Morgan fingerprint density at radius 2 is 2.00 bits per heavy atom. The Morgan fingerprint density at radius 1 is 1.38 bits per heavy atom. The number of nitrogens with one attached hydrogen (secondary N) is 2. The second-order valence-corrected chi connectivity index (χ2v) is 8.99. The zero-order valence-electron chi connectivity index (χ0n) is 11.5. The first-order valence-corrected chi connectivity index (χ1v) is 9.49. The van der Waals surface area contributed by atoms with Gasteiger partial charge in [0.1, 0.15) is 10.6 Å². The third kappa shape index (κ3) is 3.11. The highest BCUT2D eigenvalue weighted by molar-refractivity contribution is 7.92. The van der Waals surface area contributed by atoms with Crippen LogP contribution in [0.3, 0.4) is 0 Å². The Kier molecular flexibility index (Phi) is 3.89. The first-order chi connectivity index (χ1) is 9.53. The van der Waals surface area contributed by atoms with Crippen molar-refractivity contribution < 1.29 is 26.7 Å². The second kappa shape index (κ2) is 5.11. The molecule has 21 heavy (non-hydrogen) atoms. The first-order valence-electron chi connectivity index (χ1n) is 6.19. The Bertz CT molecular complexity index is 791. The SMILES string of the molecule is Cc1[nH]c(C(=O)O)c(C)c1S(=O)(=O)NC1CCS(=O)(=O)C1. The van der Waals surface area contributed by atoms with E-state index in [0.29, 0.717) is 0 Å². The average molecular weight is 336 g/mol. The average Bonchev–Trinajstić information content (AvgIpc) is 2.78. The van der Waals surface area contributed by atoms with Crippen LogP contribution in [-0.2, 0) is 19.9 Å². The van der Waals surface area contributed by atoms with E-state index in [2.05, 4.69) is 9.71 Å². The summed E-state index contributed by atoms with van der Waals surface area (Å²) in [7, 11) is -7.18. The van der Waals surface area contributed by atoms with Gasteiger partial charge in [0.2, 0.25) is 10.0 Å². The molecule has 0 aliphatic carbocycles. The molecule has 2 rings (SSSR count). The van der Waals surface area contributed by atoms with E-state index in [4.69, 9.17) is 5.11 Å². The summed E-state index contributed by atoms with van der Waals surface area (Å²) < 4.78 is 49.8. The molecule has 0 radical (unpaired) electrons. The van der Waals surface area contributed by atoms with E-state index in [1.807, 2.05) is 0 Å². The predicted molar refractivity (Wildman–Crippen MR) is 74.6 cm³/mol. The third-order valence-corrected chi connectivity index (χ3v) is 6.97. The van der Waals surface area contributed by atoms with Crippen LogP contribution < -0.4 is 4.72 Å². The molecule has 1 saturated heterocycles. The summed E-state index contributed by atoms with van der Waals surface area (Å²) in [6, 6.07) is -0.679. The minimum Gasteiger partial charge on any atom is -0.477 e. The van der Waals surface area contributed by atoms with Gasteiger partial charge in [-0.3, -0.25) is 0 Å². The summed E-state index contributed by atoms with van der Waals surface area (Å²) in [5.74, 6) is -1.54. The number of rotatable bonds is 4. The highest BCUT2D eigenvalue weighted by atomic mass is 32.2. The lowest BCUT2D eigenvalue weighted by atomic mass is 10.2. The molecule has 0 saturated carbocycles. The third-order valence-electron chi connectivity index (χ3n) is 3.41. The molecule has 1 aliphatic rings. The van der Waals surface area contributed by atoms with Gasteiger partial charge in [-0.15, -0.1) is 0 Å². The van der Waals surface area contributed by atoms with Crippen LogP contribution in [0.4, 0.5) is 0 Å². The molecule has 10 heteroatoms. The zero-order valence-corrected chi connectivity index (χ0v) is 13.1. The molecule has 0 bridgehead atoms. The van der Waals surface area contributed by atoms with E-state index in [-0.39, 0.29) is 39.8 Å². The number of carboxylic acids is 1. The van der Waals surface area contributed by atoms with Gasteiger partial charge in [0, 0.05) is 17.3 Å². The molecule has 1 atom stereocenters. The molecule has 1 aliphatic heterocycles. The van der Waals surface area contributed by atoms with E-state index in [1.165, 1.54) is 13.8 Å². The van der Waals surface area contributed by atoms with E-state index in [0.717, 1.165) is 0 Å². The number of carbonyl (C=O) groups is 1. The van der Waals surface area contributed by atoms with Gasteiger partial charge in [-0.25, -0.2) is 26.4 Å². The summed E-state index contributed by atoms with van der Waals surface area (Å²) >= 11 is 0. The maximum atomic E-state index is 12.4. The number of hydrogen-bond acceptors (Lipinski definition) is 5. The van der Waals surface area contributed by atoms with Crippen molar-refractivity contribution in [1.82, 2.24) is 9.71 Å². The molecule has 3 N–H and O–H groups in total. The summed E-state index contributed by atoms with van der Waals surface area (Å²) in [5.41, 5.74) is 0.124. The fourth-order valence-electron chi connectivity index (χ4n) is 2.52. The van der Waals surface area contributed by atoms with Crippen molar-refractivity contribution in [3.8, 4) is 0 Å². The Hall–Kier alpha value is -1.39. The van der Waals surface area contributed by atoms with Gasteiger partial charge < -0.3 is 10.1 Å². The van der Waals surface area contributed by atoms with Crippen LogP contribution in [0.1, 0.15) is 28.2 Å². The summed E-state index contributed by atoms with van der Waals surface area (Å²) in [6.07, 6.45) is 0.218. The van der Waals surface area contributed by atoms with E-state index in [9.17, 15) is 21.6 Å². The lowest BCUT2D eigenvalue weighted by molar-refractivity contribution is 0.0690. The normalized spacial score (nSPS) is 21.5. The van der Waals surface area contributed by atoms with Crippen molar-refractivity contribution in [2.45, 2.75) is 31.2 Å². The van der Waals surface area contributed by atoms with E-state index >= 15 is 0 Å². The maximum Gasteiger partial charge on any atom is 0.352 e. The molecule has 2 heterocycles. The second-order valence-electron chi connectivity index (χ2n) is 5.11. The first kappa shape index (κ1) is 16.0. The number of aromatic amines is 1. The van der Waals surface area contributed by atoms with E-state index < -0.39 is 31.9 Å². The van der Waals surface area contributed by atoms with Crippen molar-refractivity contribution in [2.24, 2.45) is 0 Å². The van der Waals surface area contributed by atoms with Crippen LogP contribution in [0.25, 0.3) is 0 Å². The number of aryl methyl sites for hydroxylation is 1. The van der Waals surface area contributed by atoms with Gasteiger partial charge in [0.15, 0.2) is 9.84 Å². The summed E-state index contributed by atoms with van der Waals surface area (Å²) in [5, 5.41) is 9.00. The minimum absolute atomic E-state index is 0.0499. The van der Waals surface area contributed by atoms with Crippen LogP contribution in [0.5, 0.6) is 0 Å². The van der Waals surface area contributed by atoms with Crippen LogP contribution in [0, 0.1) is 13.8 Å². The Balaban J connectivity index is 2.35. The number of sulfone groups is 1. The predicted octanol–water partition coefficient (Wildman–Crippen LogP) is -0.205. The van der Waals surface area contributed by atoms with Gasteiger partial charge in [-0.05, 0) is 20.3 Å². The highest BCUT2D eigenvalue weighted by Gasteiger charge is 2.34. The minimum atomic E-state index is -3.98. The lowest BCUT2D eigenvalue weighted by Crippen LogP contribution is -2.36. The zero-order chi connectivity index (χ0) is 16.0. The summed E-state index contributed by atoms with van der Waals surface area (Å²) in [4.78, 5) is 13.4. The van der Waals surface area contributed by atoms with Crippen molar-refractivity contribution in [1.29, 1.82) is 0 Å². The standard InChI is InChI=1S/C11H16N2O6S2/c1-6-9(11(14)15)12-7(2)10(6)21(18,19)13-8-3-4-20(16,17)5-8/h8,12-13H,3-5H2,1-2H3,(H,14,15). The Morgan fingerprint density at radius 3 is 2.43 bits per heavy atom. The fraction of sp³-hybridized carbons (Fsp3) is 0.545. The molecule has 0 aromatic carbocycles. The van der Waals surface area contributed by atoms with E-state index in [1.54, 1.807) is 0 Å². The van der Waals surface area contributed by atoms with Crippen LogP contribution in [0.2, 0.25) is 0 Å². The van der Waals surface area contributed by atoms with Crippen molar-refractivity contribution in [3.63, 3.8) is 0 Å². The molecule has 1 aromatic rings. The highest BCUT2D eigenvalue weighted by Crippen LogP contribution is 2.24. The number of H-pyrrole nitrogens is 1.